The molecule has 1 heterocycles. The van der Waals surface area contributed by atoms with Crippen LogP contribution in [0.1, 0.15) is 17.9 Å². The Kier molecular flexibility index (Phi) is 3.35. The maximum Gasteiger partial charge on any atom is 0.118 e. The summed E-state index contributed by atoms with van der Waals surface area (Å²) in [6.45, 7) is 4.65. The molecule has 0 fully saturated rings. The fraction of sp³-hybridized carbons (Fsp3) is 0.500. The predicted octanol–water partition coefficient (Wildman–Crippen LogP) is 2.11. The third-order valence-electron chi connectivity index (χ3n) is 1.61. The van der Waals surface area contributed by atoms with E-state index in [1.165, 1.54) is 0 Å². The van der Waals surface area contributed by atoms with Gasteiger partial charge in [-0.2, -0.15) is 0 Å². The van der Waals surface area contributed by atoms with Crippen LogP contribution in [-0.2, 0) is 13.0 Å². The molecule has 67 valence electrons. The molecule has 2 nitrogen and oxygen atoms in total. The SMILES string of the molecule is [CH2]CCc1ccc(CN(C)C)o1. The lowest BCUT2D eigenvalue weighted by atomic mass is 10.3. The van der Waals surface area contributed by atoms with Crippen molar-refractivity contribution in [3.63, 3.8) is 0 Å². The summed E-state index contributed by atoms with van der Waals surface area (Å²) in [5.74, 6) is 2.07. The normalized spacial score (nSPS) is 11.0. The Morgan fingerprint density at radius 1 is 1.33 bits per heavy atom. The predicted molar refractivity (Wildman–Crippen MR) is 49.8 cm³/mol. The quantitative estimate of drug-likeness (QED) is 0.681. The van der Waals surface area contributed by atoms with Crippen molar-refractivity contribution < 1.29 is 4.42 Å². The number of aryl methyl sites for hydroxylation is 1. The highest BCUT2D eigenvalue weighted by molar-refractivity contribution is 5.07. The van der Waals surface area contributed by atoms with Gasteiger partial charge in [-0.05, 0) is 32.6 Å². The highest BCUT2D eigenvalue weighted by Crippen LogP contribution is 2.10. The van der Waals surface area contributed by atoms with E-state index in [-0.39, 0.29) is 0 Å². The van der Waals surface area contributed by atoms with Gasteiger partial charge >= 0.3 is 0 Å². The summed E-state index contributed by atoms with van der Waals surface area (Å²) in [6, 6.07) is 4.06. The first-order chi connectivity index (χ1) is 5.72. The molecule has 0 aliphatic rings. The van der Waals surface area contributed by atoms with Crippen molar-refractivity contribution in [3.8, 4) is 0 Å². The van der Waals surface area contributed by atoms with Crippen molar-refractivity contribution in [2.75, 3.05) is 14.1 Å². The molecule has 0 bridgehead atoms. The van der Waals surface area contributed by atoms with Crippen LogP contribution in [0.25, 0.3) is 0 Å². The zero-order valence-electron chi connectivity index (χ0n) is 7.84. The van der Waals surface area contributed by atoms with Gasteiger partial charge in [-0.25, -0.2) is 0 Å². The van der Waals surface area contributed by atoms with Crippen LogP contribution in [0.2, 0.25) is 0 Å². The van der Waals surface area contributed by atoms with Crippen LogP contribution in [-0.4, -0.2) is 19.0 Å². The average molecular weight is 166 g/mol. The van der Waals surface area contributed by atoms with Gasteiger partial charge in [0.25, 0.3) is 0 Å². The zero-order chi connectivity index (χ0) is 8.97. The molecule has 1 radical (unpaired) electrons. The minimum Gasteiger partial charge on any atom is -0.465 e. The van der Waals surface area contributed by atoms with Gasteiger partial charge in [-0.1, -0.05) is 6.92 Å². The Hall–Kier alpha value is -0.760. The van der Waals surface area contributed by atoms with Crippen LogP contribution in [0.3, 0.4) is 0 Å². The first-order valence-electron chi connectivity index (χ1n) is 4.24. The molecule has 0 saturated heterocycles. The summed E-state index contributed by atoms with van der Waals surface area (Å²) in [5.41, 5.74) is 0. The van der Waals surface area contributed by atoms with Crippen LogP contribution in [0.15, 0.2) is 16.5 Å². The van der Waals surface area contributed by atoms with Crippen LogP contribution >= 0.6 is 0 Å². The Labute approximate surface area is 74.2 Å². The molecule has 1 rings (SSSR count). The number of hydrogen-bond donors (Lipinski definition) is 0. The summed E-state index contributed by atoms with van der Waals surface area (Å²) in [5, 5.41) is 0. The summed E-state index contributed by atoms with van der Waals surface area (Å²) in [4.78, 5) is 2.09. The Morgan fingerprint density at radius 3 is 2.58 bits per heavy atom. The maximum absolute atomic E-state index is 5.55. The van der Waals surface area contributed by atoms with Crippen molar-refractivity contribution in [2.45, 2.75) is 19.4 Å². The number of rotatable bonds is 4. The third-order valence-corrected chi connectivity index (χ3v) is 1.61. The molecule has 1 aromatic rings. The van der Waals surface area contributed by atoms with Crippen LogP contribution in [0.5, 0.6) is 0 Å². The minimum atomic E-state index is 0.872. The van der Waals surface area contributed by atoms with E-state index in [9.17, 15) is 0 Å². The van der Waals surface area contributed by atoms with E-state index in [1.807, 2.05) is 26.2 Å². The minimum absolute atomic E-state index is 0.872. The highest BCUT2D eigenvalue weighted by Gasteiger charge is 2.01. The molecule has 0 spiro atoms. The molecule has 0 atom stereocenters. The molecule has 0 aromatic carbocycles. The molecule has 0 saturated carbocycles. The van der Waals surface area contributed by atoms with E-state index in [0.717, 1.165) is 30.9 Å². The lowest BCUT2D eigenvalue weighted by Crippen LogP contribution is -2.09. The summed E-state index contributed by atoms with van der Waals surface area (Å²) >= 11 is 0. The van der Waals surface area contributed by atoms with Gasteiger partial charge in [0.05, 0.1) is 6.54 Å². The van der Waals surface area contributed by atoms with E-state index in [4.69, 9.17) is 4.42 Å². The van der Waals surface area contributed by atoms with E-state index < -0.39 is 0 Å². The van der Waals surface area contributed by atoms with Crippen molar-refractivity contribution in [1.29, 1.82) is 0 Å². The molecule has 0 amide bonds. The van der Waals surface area contributed by atoms with Gasteiger partial charge in [0.1, 0.15) is 11.5 Å². The van der Waals surface area contributed by atoms with Crippen molar-refractivity contribution in [2.24, 2.45) is 0 Å². The smallest absolute Gasteiger partial charge is 0.118 e. The number of nitrogens with zero attached hydrogens (tertiary/aromatic N) is 1. The Bertz CT molecular complexity index is 227. The fourth-order valence-corrected chi connectivity index (χ4v) is 1.13. The lowest BCUT2D eigenvalue weighted by Gasteiger charge is -2.05. The van der Waals surface area contributed by atoms with Crippen LogP contribution < -0.4 is 0 Å². The number of furan rings is 1. The molecule has 0 unspecified atom stereocenters. The largest absolute Gasteiger partial charge is 0.465 e. The second-order valence-corrected chi connectivity index (χ2v) is 3.21. The summed E-state index contributed by atoms with van der Waals surface area (Å²) < 4.78 is 5.55. The molecule has 2 heteroatoms. The average Bonchev–Trinajstić information content (AvgIpc) is 2.36. The third kappa shape index (κ3) is 2.70. The molecule has 0 aliphatic carbocycles. The zero-order valence-corrected chi connectivity index (χ0v) is 7.84. The topological polar surface area (TPSA) is 16.4 Å². The highest BCUT2D eigenvalue weighted by atomic mass is 16.3. The van der Waals surface area contributed by atoms with Gasteiger partial charge < -0.3 is 9.32 Å². The summed E-state index contributed by atoms with van der Waals surface area (Å²) in [7, 11) is 4.06. The molecule has 0 N–H and O–H groups in total. The first kappa shape index (κ1) is 9.33. The first-order valence-corrected chi connectivity index (χ1v) is 4.24. The summed E-state index contributed by atoms with van der Waals surface area (Å²) in [6.07, 6.45) is 1.84. The second kappa shape index (κ2) is 4.31. The van der Waals surface area contributed by atoms with Crippen LogP contribution in [0.4, 0.5) is 0 Å². The number of hydrogen-bond acceptors (Lipinski definition) is 2. The second-order valence-electron chi connectivity index (χ2n) is 3.21. The van der Waals surface area contributed by atoms with E-state index in [0.29, 0.717) is 0 Å². The van der Waals surface area contributed by atoms with Gasteiger partial charge in [-0.3, -0.25) is 0 Å². The van der Waals surface area contributed by atoms with Crippen molar-refractivity contribution >= 4 is 0 Å². The monoisotopic (exact) mass is 166 g/mol. The Morgan fingerprint density at radius 2 is 2.00 bits per heavy atom. The molecule has 0 aliphatic heterocycles. The molecule has 12 heavy (non-hydrogen) atoms. The Balaban J connectivity index is 2.52. The van der Waals surface area contributed by atoms with Gasteiger partial charge in [0.2, 0.25) is 0 Å². The standard InChI is InChI=1S/C10H16NO/c1-4-5-9-6-7-10(12-9)8-11(2)3/h6-7H,1,4-5,8H2,2-3H3. The van der Waals surface area contributed by atoms with Gasteiger partial charge in [0, 0.05) is 6.42 Å². The van der Waals surface area contributed by atoms with E-state index >= 15 is 0 Å². The van der Waals surface area contributed by atoms with Crippen molar-refractivity contribution in [1.82, 2.24) is 4.90 Å². The molecular weight excluding hydrogens is 150 g/mol. The van der Waals surface area contributed by atoms with Crippen molar-refractivity contribution in [3.05, 3.63) is 30.6 Å². The van der Waals surface area contributed by atoms with Gasteiger partial charge in [-0.15, -0.1) is 0 Å². The molecular formula is C10H16NO. The van der Waals surface area contributed by atoms with E-state index in [1.54, 1.807) is 0 Å². The van der Waals surface area contributed by atoms with E-state index in [2.05, 4.69) is 11.8 Å². The van der Waals surface area contributed by atoms with Crippen LogP contribution in [0, 0.1) is 6.92 Å². The molecule has 1 aromatic heterocycles. The van der Waals surface area contributed by atoms with Gasteiger partial charge in [0.15, 0.2) is 0 Å². The fourth-order valence-electron chi connectivity index (χ4n) is 1.13. The maximum atomic E-state index is 5.55. The lowest BCUT2D eigenvalue weighted by molar-refractivity contribution is 0.341.